The first-order valence-electron chi connectivity index (χ1n) is 21.9. The second-order valence-electron chi connectivity index (χ2n) is 15.3. The van der Waals surface area contributed by atoms with Crippen molar-refractivity contribution < 1.29 is 28.0 Å². The van der Waals surface area contributed by atoms with E-state index in [0.717, 1.165) is 36.9 Å². The molecule has 3 heterocycles. The molecule has 1 saturated carbocycles. The van der Waals surface area contributed by atoms with Crippen LogP contribution >= 0.6 is 7.82 Å². The van der Waals surface area contributed by atoms with Gasteiger partial charge in [-0.05, 0) is 50.2 Å². The minimum absolute atomic E-state index is 0.0163. The number of ether oxygens (including phenoxy) is 2. The SMILES string of the molecule is CC.CCCCCCCCCCCCCCCCCCCCC(COP(=O)(O)OCC1CCC(c2ccc3c(N)ncnn23)O1)OCC1CCCCC1. The Hall–Kier alpha value is -1.55. The van der Waals surface area contributed by atoms with E-state index in [2.05, 4.69) is 17.0 Å². The van der Waals surface area contributed by atoms with E-state index in [1.807, 2.05) is 26.0 Å². The maximum absolute atomic E-state index is 12.9. The van der Waals surface area contributed by atoms with Crippen molar-refractivity contribution in [3.05, 3.63) is 24.2 Å². The molecule has 0 amide bonds. The molecule has 0 aromatic carbocycles. The number of nitrogens with two attached hydrogens (primary N) is 1. The van der Waals surface area contributed by atoms with Crippen LogP contribution in [0.15, 0.2) is 18.5 Å². The summed E-state index contributed by atoms with van der Waals surface area (Å²) in [5.41, 5.74) is 7.58. The predicted molar refractivity (Wildman–Crippen MR) is 217 cm³/mol. The molecule has 11 heteroatoms. The van der Waals surface area contributed by atoms with Gasteiger partial charge in [0.2, 0.25) is 0 Å². The molecule has 2 aromatic rings. The third-order valence-electron chi connectivity index (χ3n) is 11.0. The highest BCUT2D eigenvalue weighted by atomic mass is 31.2. The van der Waals surface area contributed by atoms with Crippen molar-refractivity contribution in [1.29, 1.82) is 0 Å². The first-order chi connectivity index (χ1) is 25.9. The molecule has 0 radical (unpaired) electrons. The summed E-state index contributed by atoms with van der Waals surface area (Å²) in [7, 11) is -4.26. The number of hydrogen-bond acceptors (Lipinski definition) is 8. The number of phosphoric ester groups is 1. The molecule has 4 atom stereocenters. The fraction of sp³-hybridized carbons (Fsp3) is 0.857. The molecule has 2 fully saturated rings. The van der Waals surface area contributed by atoms with E-state index >= 15 is 0 Å². The molecule has 0 spiro atoms. The van der Waals surface area contributed by atoms with Crippen molar-refractivity contribution in [1.82, 2.24) is 14.6 Å². The molecule has 10 nitrogen and oxygen atoms in total. The first-order valence-corrected chi connectivity index (χ1v) is 23.4. The van der Waals surface area contributed by atoms with Crippen LogP contribution in [0.4, 0.5) is 5.82 Å². The molecule has 1 saturated heterocycles. The molecule has 4 unspecified atom stereocenters. The number of hydrogen-bond donors (Lipinski definition) is 2. The van der Waals surface area contributed by atoms with Crippen LogP contribution in [-0.2, 0) is 23.1 Å². The number of rotatable bonds is 29. The Kier molecular flexibility index (Phi) is 24.2. The molecular weight excluding hydrogens is 687 g/mol. The van der Waals surface area contributed by atoms with E-state index in [0.29, 0.717) is 24.8 Å². The van der Waals surface area contributed by atoms with Gasteiger partial charge in [0.1, 0.15) is 17.9 Å². The summed E-state index contributed by atoms with van der Waals surface area (Å²) < 4.78 is 38.1. The van der Waals surface area contributed by atoms with Crippen LogP contribution in [0.2, 0.25) is 0 Å². The van der Waals surface area contributed by atoms with Gasteiger partial charge in [-0.3, -0.25) is 9.05 Å². The molecule has 1 aliphatic carbocycles. The Morgan fingerprint density at radius 1 is 0.811 bits per heavy atom. The summed E-state index contributed by atoms with van der Waals surface area (Å²) >= 11 is 0. The lowest BCUT2D eigenvalue weighted by Crippen LogP contribution is -2.24. The molecule has 2 aliphatic rings. The van der Waals surface area contributed by atoms with Gasteiger partial charge < -0.3 is 20.1 Å². The van der Waals surface area contributed by atoms with Crippen LogP contribution in [0.5, 0.6) is 0 Å². The quantitative estimate of drug-likeness (QED) is 0.0614. The number of unbranched alkanes of at least 4 members (excludes halogenated alkanes) is 17. The Labute approximate surface area is 322 Å². The average Bonchev–Trinajstić information content (AvgIpc) is 3.84. The maximum Gasteiger partial charge on any atom is 0.472 e. The van der Waals surface area contributed by atoms with Crippen molar-refractivity contribution in [3.8, 4) is 0 Å². The van der Waals surface area contributed by atoms with E-state index in [4.69, 9.17) is 24.3 Å². The number of anilines is 1. The van der Waals surface area contributed by atoms with Gasteiger partial charge in [0.25, 0.3) is 0 Å². The van der Waals surface area contributed by atoms with Crippen molar-refractivity contribution in [3.63, 3.8) is 0 Å². The number of nitrogen functional groups attached to an aromatic ring is 1. The van der Waals surface area contributed by atoms with Crippen LogP contribution in [-0.4, -0.2) is 51.5 Å². The van der Waals surface area contributed by atoms with Gasteiger partial charge in [0.15, 0.2) is 5.82 Å². The summed E-state index contributed by atoms with van der Waals surface area (Å²) in [5, 5.41) is 4.31. The van der Waals surface area contributed by atoms with Gasteiger partial charge >= 0.3 is 7.82 Å². The minimum Gasteiger partial charge on any atom is -0.382 e. The summed E-state index contributed by atoms with van der Waals surface area (Å²) in [5.74, 6) is 0.987. The molecule has 4 rings (SSSR count). The zero-order valence-corrected chi connectivity index (χ0v) is 34.8. The van der Waals surface area contributed by atoms with Crippen LogP contribution < -0.4 is 5.73 Å². The highest BCUT2D eigenvalue weighted by molar-refractivity contribution is 7.47. The smallest absolute Gasteiger partial charge is 0.382 e. The normalized spacial score (nSPS) is 19.6. The van der Waals surface area contributed by atoms with Crippen LogP contribution in [0, 0.1) is 5.92 Å². The third-order valence-corrected chi connectivity index (χ3v) is 11.9. The van der Waals surface area contributed by atoms with Crippen LogP contribution in [0.25, 0.3) is 5.52 Å². The molecule has 53 heavy (non-hydrogen) atoms. The lowest BCUT2D eigenvalue weighted by atomic mass is 9.90. The van der Waals surface area contributed by atoms with Crippen molar-refractivity contribution in [2.45, 2.75) is 206 Å². The number of aromatic nitrogens is 3. The Balaban J connectivity index is 0.00000372. The highest BCUT2D eigenvalue weighted by Gasteiger charge is 2.32. The topological polar surface area (TPSA) is 130 Å². The van der Waals surface area contributed by atoms with Gasteiger partial charge in [-0.15, -0.1) is 0 Å². The summed E-state index contributed by atoms with van der Waals surface area (Å²) in [6, 6.07) is 3.81. The van der Waals surface area contributed by atoms with Crippen molar-refractivity contribution >= 4 is 19.2 Å². The van der Waals surface area contributed by atoms with Crippen molar-refractivity contribution in [2.75, 3.05) is 25.6 Å². The molecule has 2 aromatic heterocycles. The third kappa shape index (κ3) is 18.8. The van der Waals surface area contributed by atoms with E-state index in [1.54, 1.807) is 4.52 Å². The van der Waals surface area contributed by atoms with Gasteiger partial charge in [-0.25, -0.2) is 14.1 Å². The lowest BCUT2D eigenvalue weighted by Gasteiger charge is -2.25. The second-order valence-corrected chi connectivity index (χ2v) is 16.8. The monoisotopic (exact) mass is 765 g/mol. The maximum atomic E-state index is 12.9. The minimum atomic E-state index is -4.26. The largest absolute Gasteiger partial charge is 0.472 e. The summed E-state index contributed by atoms with van der Waals surface area (Å²) in [6.45, 7) is 7.03. The molecule has 0 bridgehead atoms. The van der Waals surface area contributed by atoms with Crippen LogP contribution in [0.3, 0.4) is 0 Å². The number of fused-ring (bicyclic) bond motifs is 1. The highest BCUT2D eigenvalue weighted by Crippen LogP contribution is 2.45. The fourth-order valence-electron chi connectivity index (χ4n) is 7.77. The molecule has 3 N–H and O–H groups in total. The number of nitrogens with zero attached hydrogens (tertiary/aromatic N) is 3. The van der Waals surface area contributed by atoms with E-state index < -0.39 is 7.82 Å². The van der Waals surface area contributed by atoms with Gasteiger partial charge in [-0.2, -0.15) is 5.10 Å². The van der Waals surface area contributed by atoms with Gasteiger partial charge in [0.05, 0.1) is 31.1 Å². The standard InChI is InChI=1S/C40H71N4O6P.C2H6/c1-2-3-4-5-6-7-8-9-10-11-12-13-14-15-16-17-18-22-25-35(47-30-34-23-20-19-21-24-34)31-48-51(45,46)49-32-36-26-29-39(50-36)37-27-28-38-40(41)42-33-43-44(37)38;1-2/h27-28,33-36,39H,2-26,29-32H2,1H3,(H,45,46)(H2,41,42,43);1-2H3. The number of phosphoric acid groups is 1. The zero-order chi connectivity index (χ0) is 38.0. The van der Waals surface area contributed by atoms with Gasteiger partial charge in [0, 0.05) is 6.61 Å². The second kappa shape index (κ2) is 27.9. The first kappa shape index (κ1) is 45.8. The van der Waals surface area contributed by atoms with E-state index in [-0.39, 0.29) is 31.5 Å². The zero-order valence-electron chi connectivity index (χ0n) is 33.9. The Morgan fingerprint density at radius 2 is 1.40 bits per heavy atom. The molecule has 1 aliphatic heterocycles. The van der Waals surface area contributed by atoms with E-state index in [9.17, 15) is 9.46 Å². The van der Waals surface area contributed by atoms with Crippen LogP contribution in [0.1, 0.15) is 200 Å². The van der Waals surface area contributed by atoms with Crippen molar-refractivity contribution in [2.24, 2.45) is 5.92 Å². The average molecular weight is 765 g/mol. The van der Waals surface area contributed by atoms with Gasteiger partial charge in [-0.1, -0.05) is 156 Å². The Morgan fingerprint density at radius 3 is 2.00 bits per heavy atom. The lowest BCUT2D eigenvalue weighted by molar-refractivity contribution is -0.0244. The Bertz CT molecular complexity index is 1240. The molecule has 306 valence electrons. The van der Waals surface area contributed by atoms with E-state index in [1.165, 1.54) is 141 Å². The fourth-order valence-corrected chi connectivity index (χ4v) is 8.55. The molecular formula is C42H77N4O6P. The predicted octanol–water partition coefficient (Wildman–Crippen LogP) is 12.1. The summed E-state index contributed by atoms with van der Waals surface area (Å²) in [4.78, 5) is 14.6. The summed E-state index contributed by atoms with van der Waals surface area (Å²) in [6.07, 6.45) is 33.5.